The molecule has 102 valence electrons. The molecule has 0 radical (unpaired) electrons. The number of carbonyl (C=O) groups is 1. The minimum absolute atomic E-state index is 0.0485. The first-order valence-corrected chi connectivity index (χ1v) is 6.72. The number of benzene rings is 1. The number of rotatable bonds is 5. The maximum absolute atomic E-state index is 13.7. The van der Waals surface area contributed by atoms with E-state index in [9.17, 15) is 17.6 Å². The monoisotopic (exact) mass is 286 g/mol. The molecule has 0 unspecified atom stereocenters. The van der Waals surface area contributed by atoms with Gasteiger partial charge in [-0.25, -0.2) is 18.5 Å². The maximum atomic E-state index is 13.7. The highest BCUT2D eigenvalue weighted by molar-refractivity contribution is 7.91. The summed E-state index contributed by atoms with van der Waals surface area (Å²) in [5.41, 5.74) is 0. The van der Waals surface area contributed by atoms with Crippen LogP contribution in [-0.4, -0.2) is 33.2 Å². The first kappa shape index (κ1) is 15.1. The van der Waals surface area contributed by atoms with Crippen molar-refractivity contribution in [1.82, 2.24) is 5.32 Å². The Morgan fingerprint density at radius 3 is 2.53 bits per heavy atom. The Morgan fingerprint density at radius 1 is 1.47 bits per heavy atom. The van der Waals surface area contributed by atoms with Crippen LogP contribution in [0.5, 0.6) is 0 Å². The molecular weight excluding hydrogens is 275 g/mol. The van der Waals surface area contributed by atoms with Gasteiger partial charge in [-0.1, -0.05) is 18.2 Å². The van der Waals surface area contributed by atoms with Crippen LogP contribution >= 0.6 is 0 Å². The van der Waals surface area contributed by atoms with Crippen molar-refractivity contribution in [1.29, 1.82) is 5.26 Å². The summed E-state index contributed by atoms with van der Waals surface area (Å²) in [5.74, 6) is -5.61. The van der Waals surface area contributed by atoms with Crippen LogP contribution in [0.25, 0.3) is 0 Å². The van der Waals surface area contributed by atoms with E-state index in [2.05, 4.69) is 4.74 Å². The lowest BCUT2D eigenvalue weighted by atomic mass is 10.3. The third kappa shape index (κ3) is 3.49. The number of esters is 1. The third-order valence-corrected chi connectivity index (χ3v) is 3.74. The molecule has 0 aliphatic rings. The smallest absolute Gasteiger partial charge is 0.374 e. The number of nitrogens with zero attached hydrogens (tertiary/aromatic N) is 1. The van der Waals surface area contributed by atoms with E-state index in [1.54, 1.807) is 11.4 Å². The molecule has 0 amide bonds. The van der Waals surface area contributed by atoms with Crippen LogP contribution in [0.3, 0.4) is 0 Å². The Balaban J connectivity index is 2.88. The molecule has 0 aliphatic heterocycles. The molecule has 0 bridgehead atoms. The van der Waals surface area contributed by atoms with Crippen LogP contribution < -0.4 is 5.32 Å². The highest BCUT2D eigenvalue weighted by Crippen LogP contribution is 2.12. The zero-order valence-electron chi connectivity index (χ0n) is 9.96. The molecule has 0 aliphatic carbocycles. The van der Waals surface area contributed by atoms with Crippen molar-refractivity contribution in [3.63, 3.8) is 0 Å². The van der Waals surface area contributed by atoms with Gasteiger partial charge in [0.15, 0.2) is 9.84 Å². The van der Waals surface area contributed by atoms with Crippen LogP contribution in [-0.2, 0) is 19.4 Å². The Hall–Kier alpha value is -1.98. The minimum atomic E-state index is -3.86. The van der Waals surface area contributed by atoms with E-state index < -0.39 is 27.5 Å². The Morgan fingerprint density at radius 2 is 2.05 bits per heavy atom. The second-order valence-corrected chi connectivity index (χ2v) is 5.50. The van der Waals surface area contributed by atoms with Crippen LogP contribution in [0.15, 0.2) is 35.2 Å². The molecule has 0 saturated heterocycles. The molecule has 1 aromatic carbocycles. The summed E-state index contributed by atoms with van der Waals surface area (Å²) in [6.07, 6.45) is 0. The average Bonchev–Trinajstić information content (AvgIpc) is 2.45. The molecule has 19 heavy (non-hydrogen) atoms. The predicted molar refractivity (Wildman–Crippen MR) is 63.1 cm³/mol. The summed E-state index contributed by atoms with van der Waals surface area (Å²) >= 11 is 0. The second kappa shape index (κ2) is 5.77. The number of nitrogens with one attached hydrogen (secondary N) is 1. The number of nitriles is 1. The SMILES string of the molecule is COC(=O)[C@@](F)(C#N)NCS(=O)(=O)c1ccccc1. The fourth-order valence-corrected chi connectivity index (χ4v) is 2.33. The highest BCUT2D eigenvalue weighted by atomic mass is 32.2. The molecule has 0 spiro atoms. The maximum Gasteiger partial charge on any atom is 0.374 e. The zero-order valence-corrected chi connectivity index (χ0v) is 10.8. The number of hydrogen-bond acceptors (Lipinski definition) is 6. The van der Waals surface area contributed by atoms with E-state index in [4.69, 9.17) is 5.26 Å². The fourth-order valence-electron chi connectivity index (χ4n) is 1.20. The van der Waals surface area contributed by atoms with Crippen LogP contribution in [0.4, 0.5) is 4.39 Å². The largest absolute Gasteiger partial charge is 0.465 e. The molecule has 0 aromatic heterocycles. The van der Waals surface area contributed by atoms with E-state index in [1.807, 2.05) is 0 Å². The molecule has 1 N–H and O–H groups in total. The Kier molecular flexibility index (Phi) is 4.58. The Bertz CT molecular complexity index is 597. The first-order chi connectivity index (χ1) is 8.85. The topological polar surface area (TPSA) is 96.3 Å². The Labute approximate surface area is 109 Å². The summed E-state index contributed by atoms with van der Waals surface area (Å²) in [5, 5.41) is 10.3. The third-order valence-electron chi connectivity index (χ3n) is 2.23. The van der Waals surface area contributed by atoms with Gasteiger partial charge in [0, 0.05) is 0 Å². The molecule has 0 saturated carbocycles. The number of halogens is 1. The van der Waals surface area contributed by atoms with Gasteiger partial charge in [0.05, 0.1) is 12.0 Å². The van der Waals surface area contributed by atoms with E-state index in [1.165, 1.54) is 24.3 Å². The minimum Gasteiger partial charge on any atom is -0.465 e. The van der Waals surface area contributed by atoms with E-state index in [-0.39, 0.29) is 4.90 Å². The number of sulfone groups is 1. The van der Waals surface area contributed by atoms with E-state index in [0.717, 1.165) is 13.2 Å². The van der Waals surface area contributed by atoms with E-state index >= 15 is 0 Å². The lowest BCUT2D eigenvalue weighted by molar-refractivity contribution is -0.152. The van der Waals surface area contributed by atoms with Crippen molar-refractivity contribution in [2.24, 2.45) is 0 Å². The van der Waals surface area contributed by atoms with Crippen LogP contribution in [0.1, 0.15) is 0 Å². The van der Waals surface area contributed by atoms with Gasteiger partial charge in [0.2, 0.25) is 0 Å². The van der Waals surface area contributed by atoms with Crippen molar-refractivity contribution in [2.75, 3.05) is 13.0 Å². The van der Waals surface area contributed by atoms with Crippen molar-refractivity contribution >= 4 is 15.8 Å². The van der Waals surface area contributed by atoms with Crippen molar-refractivity contribution < 1.29 is 22.3 Å². The van der Waals surface area contributed by atoms with Gasteiger partial charge in [0.25, 0.3) is 0 Å². The quantitative estimate of drug-likeness (QED) is 0.620. The summed E-state index contributed by atoms with van der Waals surface area (Å²) in [4.78, 5) is 11.0. The van der Waals surface area contributed by atoms with Crippen molar-refractivity contribution in [2.45, 2.75) is 10.7 Å². The van der Waals surface area contributed by atoms with Crippen LogP contribution in [0, 0.1) is 11.3 Å². The second-order valence-electron chi connectivity index (χ2n) is 3.51. The van der Waals surface area contributed by atoms with Gasteiger partial charge in [-0.15, -0.1) is 0 Å². The predicted octanol–water partition coefficient (Wildman–Crippen LogP) is 0.370. The molecule has 1 atom stereocenters. The average molecular weight is 286 g/mol. The standard InChI is InChI=1S/C11H11FN2O4S/c1-18-10(15)11(12,7-13)14-8-19(16,17)9-5-3-2-4-6-9/h2-6,14H,8H2,1H3/t11-/m1/s1. The summed E-state index contributed by atoms with van der Waals surface area (Å²) < 4.78 is 41.5. The molecule has 1 aromatic rings. The lowest BCUT2D eigenvalue weighted by Crippen LogP contribution is -2.49. The van der Waals surface area contributed by atoms with Crippen LogP contribution in [0.2, 0.25) is 0 Å². The molecule has 8 heteroatoms. The molecule has 1 rings (SSSR count). The molecule has 0 heterocycles. The van der Waals surface area contributed by atoms with Crippen molar-refractivity contribution in [3.8, 4) is 6.07 Å². The summed E-state index contributed by atoms with van der Waals surface area (Å²) in [7, 11) is -2.97. The number of methoxy groups -OCH3 is 1. The number of alkyl halides is 1. The number of carbonyl (C=O) groups excluding carboxylic acids is 1. The van der Waals surface area contributed by atoms with Gasteiger partial charge in [-0.05, 0) is 12.1 Å². The number of hydrogen-bond donors (Lipinski definition) is 1. The molecular formula is C11H11FN2O4S. The van der Waals surface area contributed by atoms with E-state index in [0.29, 0.717) is 0 Å². The highest BCUT2D eigenvalue weighted by Gasteiger charge is 2.41. The normalized spacial score (nSPS) is 14.2. The summed E-state index contributed by atoms with van der Waals surface area (Å²) in [6, 6.07) is 8.30. The van der Waals surface area contributed by atoms with Crippen molar-refractivity contribution in [3.05, 3.63) is 30.3 Å². The summed E-state index contributed by atoms with van der Waals surface area (Å²) in [6.45, 7) is 0. The van der Waals surface area contributed by atoms with Gasteiger partial charge in [0.1, 0.15) is 11.9 Å². The lowest BCUT2D eigenvalue weighted by Gasteiger charge is -2.16. The van der Waals surface area contributed by atoms with Gasteiger partial charge in [-0.2, -0.15) is 9.65 Å². The van der Waals surface area contributed by atoms with Gasteiger partial charge >= 0.3 is 11.8 Å². The number of ether oxygens (including phenoxy) is 1. The molecule has 0 fully saturated rings. The zero-order chi connectivity index (χ0) is 14.5. The van der Waals surface area contributed by atoms with Gasteiger partial charge < -0.3 is 4.74 Å². The fraction of sp³-hybridized carbons (Fsp3) is 0.273. The van der Waals surface area contributed by atoms with Gasteiger partial charge in [-0.3, -0.25) is 0 Å². The first-order valence-electron chi connectivity index (χ1n) is 5.07. The molecule has 6 nitrogen and oxygen atoms in total.